The largest absolute Gasteiger partial charge is 0.504 e. The number of phenols is 1. The number of hydrogen-bond donors (Lipinski definition) is 1. The van der Waals surface area contributed by atoms with Crippen LogP contribution in [0.2, 0.25) is 5.02 Å². The van der Waals surface area contributed by atoms with Gasteiger partial charge in [0, 0.05) is 24.0 Å². The number of pyridine rings is 1. The number of rotatable bonds is 5. The normalized spacial score (nSPS) is 15.1. The van der Waals surface area contributed by atoms with Crippen molar-refractivity contribution < 1.29 is 19.1 Å². The van der Waals surface area contributed by atoms with E-state index in [9.17, 15) is 14.7 Å². The number of aromatic hydroxyl groups is 1. The monoisotopic (exact) mass is 476 g/mol. The minimum atomic E-state index is -0.747. The van der Waals surface area contributed by atoms with E-state index in [-0.39, 0.29) is 34.8 Å². The molecule has 4 aromatic rings. The zero-order valence-electron chi connectivity index (χ0n) is 18.5. The Morgan fingerprint density at radius 2 is 2.03 bits per heavy atom. The Bertz CT molecular complexity index is 1480. The van der Waals surface area contributed by atoms with Gasteiger partial charge in [-0.2, -0.15) is 0 Å². The van der Waals surface area contributed by atoms with Gasteiger partial charge in [-0.15, -0.1) is 0 Å². The predicted octanol–water partition coefficient (Wildman–Crippen LogP) is 5.00. The number of hydrogen-bond acceptors (Lipinski definition) is 6. The van der Waals surface area contributed by atoms with E-state index < -0.39 is 11.9 Å². The van der Waals surface area contributed by atoms with Crippen LogP contribution in [0.25, 0.3) is 11.0 Å². The highest BCUT2D eigenvalue weighted by atomic mass is 35.5. The van der Waals surface area contributed by atoms with E-state index in [1.165, 1.54) is 6.07 Å². The number of halogens is 1. The van der Waals surface area contributed by atoms with E-state index in [0.717, 1.165) is 11.1 Å². The van der Waals surface area contributed by atoms with E-state index in [2.05, 4.69) is 4.98 Å². The lowest BCUT2D eigenvalue weighted by molar-refractivity contribution is 0.0714. The summed E-state index contributed by atoms with van der Waals surface area (Å²) in [5, 5.41) is 10.9. The van der Waals surface area contributed by atoms with Gasteiger partial charge in [-0.1, -0.05) is 23.7 Å². The standard InChI is InChI=1S/C26H21ClN2O5/c1-3-33-21-10-16(6-7-19(21)30)23-22-24(31)17-11-18(27)14(2)9-20(17)34-25(22)26(32)29(23)13-15-5-4-8-28-12-15/h4-12,23,30H,3,13H2,1-2H3/t23-/m0/s1. The van der Waals surface area contributed by atoms with Crippen LogP contribution < -0.4 is 10.2 Å². The van der Waals surface area contributed by atoms with Crippen molar-refractivity contribution in [1.82, 2.24) is 9.88 Å². The topological polar surface area (TPSA) is 92.9 Å². The van der Waals surface area contributed by atoms with Crippen LogP contribution in [0, 0.1) is 6.92 Å². The molecule has 0 bridgehead atoms. The summed E-state index contributed by atoms with van der Waals surface area (Å²) < 4.78 is 11.6. The summed E-state index contributed by atoms with van der Waals surface area (Å²) in [7, 11) is 0. The van der Waals surface area contributed by atoms with Crippen LogP contribution in [0.1, 0.15) is 45.8 Å². The van der Waals surface area contributed by atoms with Crippen LogP contribution in [0.15, 0.2) is 64.1 Å². The van der Waals surface area contributed by atoms with Crippen LogP contribution in [0.5, 0.6) is 11.5 Å². The number of carbonyl (C=O) groups excluding carboxylic acids is 1. The lowest BCUT2D eigenvalue weighted by Gasteiger charge is -2.25. The zero-order chi connectivity index (χ0) is 24.0. The summed E-state index contributed by atoms with van der Waals surface area (Å²) in [6.45, 7) is 4.17. The van der Waals surface area contributed by atoms with Crippen molar-refractivity contribution in [1.29, 1.82) is 0 Å². The molecule has 7 nitrogen and oxygen atoms in total. The van der Waals surface area contributed by atoms with E-state index in [1.54, 1.807) is 54.5 Å². The maximum absolute atomic E-state index is 13.7. The lowest BCUT2D eigenvalue weighted by atomic mass is 9.97. The molecule has 172 valence electrons. The average molecular weight is 477 g/mol. The Hall–Kier alpha value is -3.84. The number of fused-ring (bicyclic) bond motifs is 2. The Morgan fingerprint density at radius 3 is 2.76 bits per heavy atom. The number of phenolic OH excluding ortho intramolecular Hbond substituents is 1. The summed E-state index contributed by atoms with van der Waals surface area (Å²) >= 11 is 6.29. The molecule has 3 heterocycles. The van der Waals surface area contributed by atoms with Gasteiger partial charge in [0.1, 0.15) is 5.58 Å². The summed E-state index contributed by atoms with van der Waals surface area (Å²) in [6.07, 6.45) is 3.32. The third-order valence-corrected chi connectivity index (χ3v) is 6.33. The Balaban J connectivity index is 1.75. The van der Waals surface area contributed by atoms with Gasteiger partial charge in [-0.05, 0) is 60.9 Å². The minimum Gasteiger partial charge on any atom is -0.504 e. The van der Waals surface area contributed by atoms with Crippen LogP contribution in [0.3, 0.4) is 0 Å². The van der Waals surface area contributed by atoms with Crippen molar-refractivity contribution >= 4 is 28.5 Å². The van der Waals surface area contributed by atoms with Gasteiger partial charge >= 0.3 is 0 Å². The highest BCUT2D eigenvalue weighted by Gasteiger charge is 2.43. The second kappa shape index (κ2) is 8.50. The molecule has 0 saturated heterocycles. The first-order chi connectivity index (χ1) is 16.4. The van der Waals surface area contributed by atoms with Gasteiger partial charge in [0.25, 0.3) is 5.91 Å². The molecule has 0 aliphatic carbocycles. The fourth-order valence-electron chi connectivity index (χ4n) is 4.31. The first-order valence-electron chi connectivity index (χ1n) is 10.8. The van der Waals surface area contributed by atoms with E-state index in [4.69, 9.17) is 20.8 Å². The third-order valence-electron chi connectivity index (χ3n) is 5.92. The van der Waals surface area contributed by atoms with E-state index in [1.807, 2.05) is 13.0 Å². The van der Waals surface area contributed by atoms with Gasteiger partial charge in [0.15, 0.2) is 16.9 Å². The fourth-order valence-corrected chi connectivity index (χ4v) is 4.47. The van der Waals surface area contributed by atoms with Crippen molar-refractivity contribution in [2.75, 3.05) is 6.61 Å². The molecule has 1 amide bonds. The molecule has 0 unspecified atom stereocenters. The first kappa shape index (κ1) is 22.0. The second-order valence-electron chi connectivity index (χ2n) is 8.13. The van der Waals surface area contributed by atoms with Crippen molar-refractivity contribution in [2.45, 2.75) is 26.4 Å². The molecule has 1 atom stereocenters. The zero-order valence-corrected chi connectivity index (χ0v) is 19.3. The lowest BCUT2D eigenvalue weighted by Crippen LogP contribution is -2.29. The first-order valence-corrected chi connectivity index (χ1v) is 11.2. The Kier molecular flexibility index (Phi) is 5.49. The van der Waals surface area contributed by atoms with E-state index in [0.29, 0.717) is 28.2 Å². The Labute approximate surface area is 200 Å². The molecule has 5 rings (SSSR count). The number of aromatic nitrogens is 1. The van der Waals surface area contributed by atoms with Crippen molar-refractivity contribution in [3.05, 3.63) is 98.1 Å². The molecular formula is C26H21ClN2O5. The number of carbonyl (C=O) groups is 1. The molecule has 0 radical (unpaired) electrons. The smallest absolute Gasteiger partial charge is 0.291 e. The molecule has 1 N–H and O–H groups in total. The molecule has 0 saturated carbocycles. The summed E-state index contributed by atoms with van der Waals surface area (Å²) in [5.74, 6) is -0.159. The number of nitrogens with zero attached hydrogens (tertiary/aromatic N) is 2. The van der Waals surface area contributed by atoms with Gasteiger partial charge in [0.05, 0.1) is 23.6 Å². The van der Waals surface area contributed by atoms with E-state index >= 15 is 0 Å². The number of ether oxygens (including phenoxy) is 1. The van der Waals surface area contributed by atoms with Crippen molar-refractivity contribution in [2.24, 2.45) is 0 Å². The van der Waals surface area contributed by atoms with Crippen molar-refractivity contribution in [3.63, 3.8) is 0 Å². The number of benzene rings is 2. The average Bonchev–Trinajstić information content (AvgIpc) is 3.09. The van der Waals surface area contributed by atoms with Crippen molar-refractivity contribution in [3.8, 4) is 11.5 Å². The van der Waals surface area contributed by atoms with Crippen LogP contribution >= 0.6 is 11.6 Å². The highest BCUT2D eigenvalue weighted by molar-refractivity contribution is 6.32. The number of aryl methyl sites for hydroxylation is 1. The SMILES string of the molecule is CCOc1cc([C@H]2c3c(oc4cc(C)c(Cl)cc4c3=O)C(=O)N2Cc2cccnc2)ccc1O. The van der Waals surface area contributed by atoms with Gasteiger partial charge in [-0.3, -0.25) is 14.6 Å². The molecule has 34 heavy (non-hydrogen) atoms. The highest BCUT2D eigenvalue weighted by Crippen LogP contribution is 2.41. The summed E-state index contributed by atoms with van der Waals surface area (Å²) in [4.78, 5) is 33.0. The third kappa shape index (κ3) is 3.58. The molecule has 2 aromatic carbocycles. The van der Waals surface area contributed by atoms with Crippen LogP contribution in [0.4, 0.5) is 0 Å². The fraction of sp³-hybridized carbons (Fsp3) is 0.192. The van der Waals surface area contributed by atoms with Gasteiger partial charge < -0.3 is 19.2 Å². The molecular weight excluding hydrogens is 456 g/mol. The minimum absolute atomic E-state index is 0.000789. The molecule has 1 aliphatic rings. The van der Waals surface area contributed by atoms with Gasteiger partial charge in [0.2, 0.25) is 5.76 Å². The second-order valence-corrected chi connectivity index (χ2v) is 8.54. The summed E-state index contributed by atoms with van der Waals surface area (Å²) in [6, 6.07) is 11.0. The number of amides is 1. The predicted molar refractivity (Wildman–Crippen MR) is 127 cm³/mol. The molecule has 8 heteroatoms. The molecule has 2 aromatic heterocycles. The molecule has 0 fully saturated rings. The summed E-state index contributed by atoms with van der Waals surface area (Å²) in [5.41, 5.74) is 2.37. The van der Waals surface area contributed by atoms with Crippen LogP contribution in [-0.2, 0) is 6.54 Å². The van der Waals surface area contributed by atoms with Crippen LogP contribution in [-0.4, -0.2) is 27.5 Å². The quantitative estimate of drug-likeness (QED) is 0.435. The van der Waals surface area contributed by atoms with Gasteiger partial charge in [-0.25, -0.2) is 0 Å². The molecule has 1 aliphatic heterocycles. The maximum atomic E-state index is 13.7. The maximum Gasteiger partial charge on any atom is 0.291 e. The molecule has 0 spiro atoms. The Morgan fingerprint density at radius 1 is 1.21 bits per heavy atom.